The largest absolute Gasteiger partial charge is 0.314 e. The van der Waals surface area contributed by atoms with E-state index >= 15 is 0 Å². The second kappa shape index (κ2) is 5.43. The van der Waals surface area contributed by atoms with Crippen molar-refractivity contribution in [1.29, 1.82) is 0 Å². The van der Waals surface area contributed by atoms with Crippen LogP contribution in [0.1, 0.15) is 57.1 Å². The average Bonchev–Trinajstić information content (AvgIpc) is 2.56. The Balaban J connectivity index is 1.91. The van der Waals surface area contributed by atoms with Gasteiger partial charge in [0.2, 0.25) is 0 Å². The quantitative estimate of drug-likeness (QED) is 0.822. The van der Waals surface area contributed by atoms with Gasteiger partial charge in [-0.2, -0.15) is 5.10 Å². The lowest BCUT2D eigenvalue weighted by molar-refractivity contribution is 0.498. The van der Waals surface area contributed by atoms with Crippen LogP contribution in [0.3, 0.4) is 0 Å². The summed E-state index contributed by atoms with van der Waals surface area (Å²) < 4.78 is 0. The van der Waals surface area contributed by atoms with Gasteiger partial charge in [0, 0.05) is 18.4 Å². The molecule has 0 bridgehead atoms. The van der Waals surface area contributed by atoms with Gasteiger partial charge < -0.3 is 5.32 Å². The van der Waals surface area contributed by atoms with Crippen LogP contribution in [-0.2, 0) is 6.42 Å². The molecule has 4 heteroatoms. The van der Waals surface area contributed by atoms with Crippen molar-refractivity contribution in [3.63, 3.8) is 0 Å². The minimum Gasteiger partial charge on any atom is -0.314 e. The molecule has 0 amide bonds. The number of hydrogen-bond acceptors (Lipinski definition) is 3. The monoisotopic (exact) mass is 222 g/mol. The van der Waals surface area contributed by atoms with Crippen LogP contribution >= 0.6 is 0 Å². The Bertz CT molecular complexity index is 311. The van der Waals surface area contributed by atoms with E-state index in [-0.39, 0.29) is 0 Å². The lowest BCUT2D eigenvalue weighted by atomic mass is 10.1. The molecule has 1 aliphatic heterocycles. The van der Waals surface area contributed by atoms with Crippen LogP contribution in [0.15, 0.2) is 0 Å². The Hall–Kier alpha value is -0.900. The number of nitrogens with one attached hydrogen (secondary N) is 2. The van der Waals surface area contributed by atoms with Gasteiger partial charge in [0.1, 0.15) is 5.82 Å². The van der Waals surface area contributed by atoms with Crippen LogP contribution in [0.2, 0.25) is 0 Å². The molecule has 1 aromatic heterocycles. The second-order valence-corrected chi connectivity index (χ2v) is 5.00. The number of rotatable bonds is 3. The van der Waals surface area contributed by atoms with Gasteiger partial charge in [-0.1, -0.05) is 26.7 Å². The lowest BCUT2D eigenvalue weighted by Crippen LogP contribution is -2.30. The summed E-state index contributed by atoms with van der Waals surface area (Å²) in [6.45, 7) is 5.39. The molecule has 2 rings (SSSR count). The Labute approximate surface area is 97.2 Å². The summed E-state index contributed by atoms with van der Waals surface area (Å²) in [6, 6.07) is 0.579. The summed E-state index contributed by atoms with van der Waals surface area (Å²) in [4.78, 5) is 4.53. The summed E-state index contributed by atoms with van der Waals surface area (Å²) >= 11 is 0. The van der Waals surface area contributed by atoms with Gasteiger partial charge in [0.25, 0.3) is 0 Å². The van der Waals surface area contributed by atoms with Crippen LogP contribution in [0.25, 0.3) is 0 Å². The predicted molar refractivity (Wildman–Crippen MR) is 64.4 cm³/mol. The predicted octanol–water partition coefficient (Wildman–Crippen LogP) is 2.00. The zero-order valence-electron chi connectivity index (χ0n) is 10.3. The summed E-state index contributed by atoms with van der Waals surface area (Å²) in [6.07, 6.45) is 6.25. The summed E-state index contributed by atoms with van der Waals surface area (Å²) in [5, 5.41) is 10.9. The van der Waals surface area contributed by atoms with Crippen molar-refractivity contribution in [1.82, 2.24) is 20.5 Å². The minimum atomic E-state index is 0.409. The molecule has 0 aromatic carbocycles. The van der Waals surface area contributed by atoms with Crippen molar-refractivity contribution in [2.45, 2.75) is 57.9 Å². The molecule has 90 valence electrons. The first-order valence-corrected chi connectivity index (χ1v) is 6.40. The van der Waals surface area contributed by atoms with E-state index in [0.717, 1.165) is 24.6 Å². The minimum absolute atomic E-state index is 0.409. The first-order valence-electron chi connectivity index (χ1n) is 6.40. The van der Waals surface area contributed by atoms with Crippen molar-refractivity contribution >= 4 is 0 Å². The number of aromatic nitrogens is 3. The SMILES string of the molecule is CC(C)c1n[nH]c(CC2CCCCCN2)n1. The summed E-state index contributed by atoms with van der Waals surface area (Å²) in [5.41, 5.74) is 0. The van der Waals surface area contributed by atoms with Gasteiger partial charge in [0.15, 0.2) is 5.82 Å². The highest BCUT2D eigenvalue weighted by molar-refractivity contribution is 4.97. The molecule has 1 fully saturated rings. The molecule has 0 saturated carbocycles. The fourth-order valence-corrected chi connectivity index (χ4v) is 2.17. The highest BCUT2D eigenvalue weighted by atomic mass is 15.2. The fraction of sp³-hybridized carbons (Fsp3) is 0.833. The number of hydrogen-bond donors (Lipinski definition) is 2. The van der Waals surface area contributed by atoms with Crippen LogP contribution in [0, 0.1) is 0 Å². The zero-order chi connectivity index (χ0) is 11.4. The third-order valence-corrected chi connectivity index (χ3v) is 3.17. The number of H-pyrrole nitrogens is 1. The Morgan fingerprint density at radius 3 is 2.94 bits per heavy atom. The molecular weight excluding hydrogens is 200 g/mol. The molecule has 1 atom stereocenters. The standard InChI is InChI=1S/C12H22N4/c1-9(2)12-14-11(15-16-12)8-10-6-4-3-5-7-13-10/h9-10,13H,3-8H2,1-2H3,(H,14,15,16). The maximum absolute atomic E-state index is 4.53. The maximum atomic E-state index is 4.53. The lowest BCUT2D eigenvalue weighted by Gasteiger charge is -2.13. The van der Waals surface area contributed by atoms with Crippen LogP contribution in [-0.4, -0.2) is 27.8 Å². The average molecular weight is 222 g/mol. The van der Waals surface area contributed by atoms with Crippen molar-refractivity contribution in [2.24, 2.45) is 0 Å². The zero-order valence-corrected chi connectivity index (χ0v) is 10.3. The highest BCUT2D eigenvalue weighted by Gasteiger charge is 2.14. The summed E-state index contributed by atoms with van der Waals surface area (Å²) in [5.74, 6) is 2.37. The second-order valence-electron chi connectivity index (χ2n) is 5.00. The molecule has 1 aromatic rings. The van der Waals surface area contributed by atoms with Crippen LogP contribution in [0.4, 0.5) is 0 Å². The van der Waals surface area contributed by atoms with Crippen molar-refractivity contribution in [3.8, 4) is 0 Å². The van der Waals surface area contributed by atoms with Gasteiger partial charge in [-0.15, -0.1) is 0 Å². The molecule has 0 radical (unpaired) electrons. The molecule has 4 nitrogen and oxygen atoms in total. The van der Waals surface area contributed by atoms with Crippen molar-refractivity contribution in [3.05, 3.63) is 11.6 Å². The Kier molecular flexibility index (Phi) is 3.93. The van der Waals surface area contributed by atoms with Crippen molar-refractivity contribution < 1.29 is 0 Å². The highest BCUT2D eigenvalue weighted by Crippen LogP contribution is 2.13. The van der Waals surface area contributed by atoms with Gasteiger partial charge in [0.05, 0.1) is 0 Å². The fourth-order valence-electron chi connectivity index (χ4n) is 2.17. The third kappa shape index (κ3) is 3.04. The molecule has 1 unspecified atom stereocenters. The van der Waals surface area contributed by atoms with E-state index in [1.807, 2.05) is 0 Å². The van der Waals surface area contributed by atoms with Gasteiger partial charge in [-0.25, -0.2) is 4.98 Å². The number of nitrogens with zero attached hydrogens (tertiary/aromatic N) is 2. The van der Waals surface area contributed by atoms with E-state index in [9.17, 15) is 0 Å². The molecule has 0 spiro atoms. The van der Waals surface area contributed by atoms with E-state index in [2.05, 4.69) is 34.3 Å². The van der Waals surface area contributed by atoms with E-state index in [1.165, 1.54) is 25.7 Å². The van der Waals surface area contributed by atoms with Gasteiger partial charge >= 0.3 is 0 Å². The van der Waals surface area contributed by atoms with E-state index in [4.69, 9.17) is 0 Å². The smallest absolute Gasteiger partial charge is 0.153 e. The number of aromatic amines is 1. The topological polar surface area (TPSA) is 53.6 Å². The molecule has 1 aliphatic rings. The molecule has 2 heterocycles. The molecule has 1 saturated heterocycles. The van der Waals surface area contributed by atoms with Crippen LogP contribution in [0.5, 0.6) is 0 Å². The Morgan fingerprint density at radius 1 is 1.31 bits per heavy atom. The summed E-state index contributed by atoms with van der Waals surface area (Å²) in [7, 11) is 0. The molecule has 2 N–H and O–H groups in total. The third-order valence-electron chi connectivity index (χ3n) is 3.17. The first-order chi connectivity index (χ1) is 7.75. The van der Waals surface area contributed by atoms with E-state index in [1.54, 1.807) is 0 Å². The van der Waals surface area contributed by atoms with E-state index in [0.29, 0.717) is 12.0 Å². The van der Waals surface area contributed by atoms with Gasteiger partial charge in [-0.05, 0) is 19.4 Å². The molecule has 0 aliphatic carbocycles. The normalized spacial score (nSPS) is 22.3. The Morgan fingerprint density at radius 2 is 2.19 bits per heavy atom. The van der Waals surface area contributed by atoms with Crippen LogP contribution < -0.4 is 5.32 Å². The maximum Gasteiger partial charge on any atom is 0.153 e. The first kappa shape index (κ1) is 11.6. The van der Waals surface area contributed by atoms with Gasteiger partial charge in [-0.3, -0.25) is 5.10 Å². The molecular formula is C12H22N4. The van der Waals surface area contributed by atoms with E-state index < -0.39 is 0 Å². The van der Waals surface area contributed by atoms with Crippen molar-refractivity contribution in [2.75, 3.05) is 6.54 Å². The molecule has 16 heavy (non-hydrogen) atoms.